The van der Waals surface area contributed by atoms with E-state index < -0.39 is 25.7 Å². The number of primary sulfonamides is 1. The third-order valence-corrected chi connectivity index (χ3v) is 7.12. The number of sulfonamides is 1. The summed E-state index contributed by atoms with van der Waals surface area (Å²) in [7, 11) is -6.09. The van der Waals surface area contributed by atoms with Gasteiger partial charge in [0.2, 0.25) is 10.0 Å². The van der Waals surface area contributed by atoms with Gasteiger partial charge in [0.15, 0.2) is 11.8 Å². The number of nitrogens with one attached hydrogen (secondary N) is 2. The molecule has 1 unspecified atom stereocenters. The monoisotopic (exact) mass is 465 g/mol. The Labute approximate surface area is 180 Å². The van der Waals surface area contributed by atoms with E-state index in [-0.39, 0.29) is 28.0 Å². The number of hydrogen-bond donors (Lipinski definition) is 7. The predicted octanol–water partition coefficient (Wildman–Crippen LogP) is -1.00. The number of anilines is 1. The number of para-hydroxylation sites is 1. The molecule has 12 nitrogen and oxygen atoms in total. The van der Waals surface area contributed by atoms with Crippen molar-refractivity contribution in [1.29, 1.82) is 0 Å². The standard InChI is InChI=1S/C17H23N9O3S2/c18-7-2-8-30(27)12-6-5-9(10-3-1-4-11-14(10)24-17(19)23-11)13(16(25-20)26-21)15(12)31(22,28)29/h1,3-6H,2,7-8,18,20-21H2,(H,25,26)(H3,19,23,24)(H2,22,28,29). The third-order valence-electron chi connectivity index (χ3n) is 4.51. The average Bonchev–Trinajstić information content (AvgIpc) is 3.12. The van der Waals surface area contributed by atoms with Crippen molar-refractivity contribution in [3.05, 3.63) is 35.9 Å². The number of hydrogen-bond acceptors (Lipinski definition) is 9. The molecule has 0 aliphatic carbocycles. The molecule has 166 valence electrons. The molecule has 0 saturated carbocycles. The maximum Gasteiger partial charge on any atom is 0.240 e. The van der Waals surface area contributed by atoms with E-state index >= 15 is 0 Å². The van der Waals surface area contributed by atoms with Gasteiger partial charge in [-0.15, -0.1) is 0 Å². The lowest BCUT2D eigenvalue weighted by atomic mass is 9.97. The molecule has 14 heteroatoms. The number of benzene rings is 2. The maximum atomic E-state index is 12.9. The smallest absolute Gasteiger partial charge is 0.240 e. The van der Waals surface area contributed by atoms with Crippen molar-refractivity contribution in [2.24, 2.45) is 27.7 Å². The molecular weight excluding hydrogens is 442 g/mol. The number of amidine groups is 1. The van der Waals surface area contributed by atoms with Gasteiger partial charge < -0.3 is 27.7 Å². The summed E-state index contributed by atoms with van der Waals surface area (Å²) in [5.74, 6) is 11.2. The topological polar surface area (TPSA) is 234 Å². The summed E-state index contributed by atoms with van der Waals surface area (Å²) in [6, 6.07) is 8.23. The highest BCUT2D eigenvalue weighted by Gasteiger charge is 2.29. The van der Waals surface area contributed by atoms with Gasteiger partial charge in [-0.2, -0.15) is 5.10 Å². The van der Waals surface area contributed by atoms with Crippen LogP contribution in [-0.4, -0.2) is 40.7 Å². The summed E-state index contributed by atoms with van der Waals surface area (Å²) >= 11 is 0. The van der Waals surface area contributed by atoms with Crippen molar-refractivity contribution in [3.8, 4) is 11.1 Å². The van der Waals surface area contributed by atoms with Crippen LogP contribution in [0, 0.1) is 0 Å². The number of nitrogens with zero attached hydrogens (tertiary/aromatic N) is 2. The Morgan fingerprint density at radius 3 is 2.58 bits per heavy atom. The molecule has 0 bridgehead atoms. The molecule has 1 atom stereocenters. The van der Waals surface area contributed by atoms with Crippen LogP contribution in [0.25, 0.3) is 22.2 Å². The molecule has 3 rings (SSSR count). The van der Waals surface area contributed by atoms with Crippen LogP contribution in [0.3, 0.4) is 0 Å². The maximum absolute atomic E-state index is 12.9. The summed E-state index contributed by atoms with van der Waals surface area (Å²) < 4.78 is 38.2. The number of hydrazine groups is 1. The molecule has 0 saturated heterocycles. The molecule has 0 radical (unpaired) electrons. The fourth-order valence-corrected chi connectivity index (χ4v) is 5.90. The second kappa shape index (κ2) is 8.99. The van der Waals surface area contributed by atoms with E-state index in [4.69, 9.17) is 28.3 Å². The second-order valence-corrected chi connectivity index (χ2v) is 9.54. The number of hydrazone groups is 1. The van der Waals surface area contributed by atoms with Crippen LogP contribution in [0.15, 0.2) is 45.2 Å². The zero-order chi connectivity index (χ0) is 22.8. The predicted molar refractivity (Wildman–Crippen MR) is 120 cm³/mol. The van der Waals surface area contributed by atoms with Gasteiger partial charge in [0.05, 0.1) is 26.7 Å². The number of nitrogens with two attached hydrogens (primary N) is 5. The summed E-state index contributed by atoms with van der Waals surface area (Å²) in [4.78, 5) is 6.79. The van der Waals surface area contributed by atoms with E-state index in [0.29, 0.717) is 35.1 Å². The first-order valence-corrected chi connectivity index (χ1v) is 11.9. The molecule has 31 heavy (non-hydrogen) atoms. The lowest BCUT2D eigenvalue weighted by molar-refractivity contribution is 0.594. The summed E-state index contributed by atoms with van der Waals surface area (Å²) in [6.45, 7) is 0.295. The minimum absolute atomic E-state index is 0.000170. The van der Waals surface area contributed by atoms with Gasteiger partial charge in [-0.05, 0) is 30.7 Å². The van der Waals surface area contributed by atoms with Crippen molar-refractivity contribution in [2.75, 3.05) is 18.0 Å². The van der Waals surface area contributed by atoms with Gasteiger partial charge in [0.1, 0.15) is 4.90 Å². The van der Waals surface area contributed by atoms with Gasteiger partial charge in [-0.3, -0.25) is 4.21 Å². The third kappa shape index (κ3) is 4.38. The van der Waals surface area contributed by atoms with Crippen molar-refractivity contribution in [2.45, 2.75) is 16.2 Å². The van der Waals surface area contributed by atoms with Gasteiger partial charge in [0, 0.05) is 16.9 Å². The number of nitrogen functional groups attached to an aromatic ring is 1. The quantitative estimate of drug-likeness (QED) is 0.0978. The van der Waals surface area contributed by atoms with Crippen LogP contribution in [0.4, 0.5) is 5.95 Å². The number of aromatic amines is 1. The molecule has 0 spiro atoms. The lowest BCUT2D eigenvalue weighted by Crippen LogP contribution is -2.35. The van der Waals surface area contributed by atoms with Crippen molar-refractivity contribution in [1.82, 2.24) is 15.4 Å². The highest BCUT2D eigenvalue weighted by molar-refractivity contribution is 7.91. The van der Waals surface area contributed by atoms with Gasteiger partial charge >= 0.3 is 0 Å². The van der Waals surface area contributed by atoms with Crippen molar-refractivity contribution >= 4 is 43.6 Å². The van der Waals surface area contributed by atoms with Crippen LogP contribution in [0.2, 0.25) is 0 Å². The fourth-order valence-electron chi connectivity index (χ4n) is 3.25. The van der Waals surface area contributed by atoms with Crippen molar-refractivity contribution in [3.63, 3.8) is 0 Å². The molecule has 0 aliphatic rings. The Hall–Kier alpha value is -3.04. The summed E-state index contributed by atoms with van der Waals surface area (Å²) in [5.41, 5.74) is 15.5. The molecular formula is C17H23N9O3S2. The Kier molecular flexibility index (Phi) is 6.56. The fraction of sp³-hybridized carbons (Fsp3) is 0.176. The molecule has 0 fully saturated rings. The van der Waals surface area contributed by atoms with Gasteiger partial charge in [0.25, 0.3) is 0 Å². The number of imidazole rings is 1. The van der Waals surface area contributed by atoms with Crippen LogP contribution in [-0.2, 0) is 20.8 Å². The van der Waals surface area contributed by atoms with Crippen LogP contribution in [0.1, 0.15) is 12.0 Å². The number of fused-ring (bicyclic) bond motifs is 1. The minimum atomic E-state index is -4.39. The highest BCUT2D eigenvalue weighted by Crippen LogP contribution is 2.36. The number of H-pyrrole nitrogens is 1. The highest BCUT2D eigenvalue weighted by atomic mass is 32.2. The zero-order valence-corrected chi connectivity index (χ0v) is 18.0. The number of aromatic nitrogens is 2. The Bertz CT molecular complexity index is 1290. The zero-order valence-electron chi connectivity index (χ0n) is 16.3. The molecule has 0 amide bonds. The molecule has 2 aromatic carbocycles. The Balaban J connectivity index is 2.44. The molecule has 1 aromatic heterocycles. The molecule has 1 heterocycles. The second-order valence-electron chi connectivity index (χ2n) is 6.50. The SMILES string of the molecule is NCCCS(=O)c1ccc(-c2cccc3[nH]c(N)nc23)c(/C(=N/N)NN)c1S(N)(=O)=O. The molecule has 12 N–H and O–H groups in total. The normalized spacial score (nSPS) is 13.5. The van der Waals surface area contributed by atoms with E-state index in [9.17, 15) is 12.6 Å². The van der Waals surface area contributed by atoms with E-state index in [1.54, 1.807) is 24.3 Å². The van der Waals surface area contributed by atoms with Crippen LogP contribution >= 0.6 is 0 Å². The summed E-state index contributed by atoms with van der Waals surface area (Å²) in [6.07, 6.45) is 0.423. The largest absolute Gasteiger partial charge is 0.369 e. The Morgan fingerprint density at radius 1 is 1.23 bits per heavy atom. The van der Waals surface area contributed by atoms with Gasteiger partial charge in [-0.25, -0.2) is 24.4 Å². The molecule has 0 aliphatic heterocycles. The first kappa shape index (κ1) is 22.6. The molecule has 3 aromatic rings. The summed E-state index contributed by atoms with van der Waals surface area (Å²) in [5, 5.41) is 9.12. The average molecular weight is 466 g/mol. The first-order chi connectivity index (χ1) is 14.7. The van der Waals surface area contributed by atoms with E-state index in [1.807, 2.05) is 0 Å². The van der Waals surface area contributed by atoms with Gasteiger partial charge in [-0.1, -0.05) is 18.2 Å². The lowest BCUT2D eigenvalue weighted by Gasteiger charge is -2.18. The van der Waals surface area contributed by atoms with E-state index in [1.165, 1.54) is 6.07 Å². The van der Waals surface area contributed by atoms with E-state index in [0.717, 1.165) is 0 Å². The Morgan fingerprint density at radius 2 is 1.97 bits per heavy atom. The number of rotatable bonds is 7. The minimum Gasteiger partial charge on any atom is -0.369 e. The first-order valence-electron chi connectivity index (χ1n) is 9.00. The van der Waals surface area contributed by atoms with Crippen LogP contribution in [0.5, 0.6) is 0 Å². The van der Waals surface area contributed by atoms with E-state index in [2.05, 4.69) is 20.5 Å². The van der Waals surface area contributed by atoms with Crippen molar-refractivity contribution < 1.29 is 12.6 Å². The van der Waals surface area contributed by atoms with Crippen LogP contribution < -0.4 is 33.7 Å².